The lowest BCUT2D eigenvalue weighted by Crippen LogP contribution is -2.44. The van der Waals surface area contributed by atoms with Gasteiger partial charge in [0.25, 0.3) is 0 Å². The van der Waals surface area contributed by atoms with Gasteiger partial charge in [0.05, 0.1) is 0 Å². The van der Waals surface area contributed by atoms with E-state index in [-0.39, 0.29) is 5.92 Å². The van der Waals surface area contributed by atoms with Crippen molar-refractivity contribution in [2.45, 2.75) is 33.1 Å². The number of carbonyl (C=O) groups excluding carboxylic acids is 1. The van der Waals surface area contributed by atoms with Crippen LogP contribution in [0.1, 0.15) is 33.1 Å². The van der Waals surface area contributed by atoms with Gasteiger partial charge in [0.1, 0.15) is 0 Å². The average Bonchev–Trinajstić information content (AvgIpc) is 2.27. The molecule has 0 radical (unpaired) electrons. The number of carbonyl (C=O) groups is 1. The molecular formula is C11H22N2O. The molecule has 3 nitrogen and oxygen atoms in total. The summed E-state index contributed by atoms with van der Waals surface area (Å²) in [5, 5.41) is 0. The van der Waals surface area contributed by atoms with Crippen LogP contribution < -0.4 is 5.73 Å². The zero-order chi connectivity index (χ0) is 10.6. The van der Waals surface area contributed by atoms with Gasteiger partial charge in [0.15, 0.2) is 0 Å². The first-order chi connectivity index (χ1) is 6.69. The van der Waals surface area contributed by atoms with Crippen molar-refractivity contribution < 1.29 is 4.79 Å². The summed E-state index contributed by atoms with van der Waals surface area (Å²) in [4.78, 5) is 13.9. The molecule has 2 atom stereocenters. The molecule has 1 fully saturated rings. The molecule has 0 aromatic heterocycles. The molecule has 1 saturated heterocycles. The average molecular weight is 198 g/mol. The summed E-state index contributed by atoms with van der Waals surface area (Å²) in [6.07, 6.45) is 3.23. The second-order valence-electron chi connectivity index (χ2n) is 4.34. The molecule has 14 heavy (non-hydrogen) atoms. The highest BCUT2D eigenvalue weighted by atomic mass is 16.2. The van der Waals surface area contributed by atoms with E-state index in [0.29, 0.717) is 18.4 Å². The summed E-state index contributed by atoms with van der Waals surface area (Å²) in [6, 6.07) is 0. The number of nitrogens with two attached hydrogens (primary N) is 1. The molecule has 0 aliphatic carbocycles. The van der Waals surface area contributed by atoms with Crippen LogP contribution in [0.15, 0.2) is 0 Å². The Morgan fingerprint density at radius 2 is 2.36 bits per heavy atom. The van der Waals surface area contributed by atoms with Gasteiger partial charge in [-0.05, 0) is 31.7 Å². The molecule has 1 heterocycles. The van der Waals surface area contributed by atoms with E-state index >= 15 is 0 Å². The molecule has 2 unspecified atom stereocenters. The molecule has 2 N–H and O–H groups in total. The molecule has 1 amide bonds. The molecule has 0 aromatic rings. The summed E-state index contributed by atoms with van der Waals surface area (Å²) in [5.74, 6) is 1.01. The normalized spacial score (nSPS) is 24.8. The Hall–Kier alpha value is -0.570. The molecule has 3 heteroatoms. The Morgan fingerprint density at radius 3 is 2.93 bits per heavy atom. The molecule has 0 saturated carbocycles. The Kier molecular flexibility index (Phi) is 4.39. The summed E-state index contributed by atoms with van der Waals surface area (Å²) < 4.78 is 0. The maximum Gasteiger partial charge on any atom is 0.225 e. The lowest BCUT2D eigenvalue weighted by Gasteiger charge is -2.33. The lowest BCUT2D eigenvalue weighted by atomic mass is 9.96. The van der Waals surface area contributed by atoms with E-state index in [1.807, 2.05) is 11.8 Å². The Morgan fingerprint density at radius 1 is 1.64 bits per heavy atom. The van der Waals surface area contributed by atoms with Crippen molar-refractivity contribution in [3.8, 4) is 0 Å². The fraction of sp³-hybridized carbons (Fsp3) is 0.909. The van der Waals surface area contributed by atoms with Crippen molar-refractivity contribution in [2.24, 2.45) is 17.6 Å². The maximum absolute atomic E-state index is 11.9. The molecular weight excluding hydrogens is 176 g/mol. The second kappa shape index (κ2) is 5.35. The Balaban J connectivity index is 2.47. The number of rotatable bonds is 3. The van der Waals surface area contributed by atoms with Gasteiger partial charge < -0.3 is 10.6 Å². The van der Waals surface area contributed by atoms with E-state index in [4.69, 9.17) is 5.73 Å². The van der Waals surface area contributed by atoms with Gasteiger partial charge in [-0.15, -0.1) is 0 Å². The van der Waals surface area contributed by atoms with Gasteiger partial charge >= 0.3 is 0 Å². The second-order valence-corrected chi connectivity index (χ2v) is 4.34. The monoisotopic (exact) mass is 198 g/mol. The van der Waals surface area contributed by atoms with Crippen molar-refractivity contribution in [2.75, 3.05) is 19.6 Å². The lowest BCUT2D eigenvalue weighted by molar-refractivity contribution is -0.136. The Bertz CT molecular complexity index is 194. The van der Waals surface area contributed by atoms with Crippen LogP contribution in [-0.2, 0) is 4.79 Å². The molecule has 0 spiro atoms. The molecule has 82 valence electrons. The van der Waals surface area contributed by atoms with Crippen molar-refractivity contribution in [3.63, 3.8) is 0 Å². The summed E-state index contributed by atoms with van der Waals surface area (Å²) in [6.45, 7) is 6.59. The van der Waals surface area contributed by atoms with Gasteiger partial charge in [0, 0.05) is 19.0 Å². The summed E-state index contributed by atoms with van der Waals surface area (Å²) in [7, 11) is 0. The van der Waals surface area contributed by atoms with Crippen LogP contribution in [0.5, 0.6) is 0 Å². The molecule has 0 aromatic carbocycles. The van der Waals surface area contributed by atoms with Crippen LogP contribution in [-0.4, -0.2) is 30.4 Å². The van der Waals surface area contributed by atoms with Crippen molar-refractivity contribution >= 4 is 5.91 Å². The smallest absolute Gasteiger partial charge is 0.225 e. The van der Waals surface area contributed by atoms with Crippen LogP contribution in [0, 0.1) is 11.8 Å². The van der Waals surface area contributed by atoms with Crippen LogP contribution >= 0.6 is 0 Å². The summed E-state index contributed by atoms with van der Waals surface area (Å²) >= 11 is 0. The predicted octanol–water partition coefficient (Wildman–Crippen LogP) is 1.23. The van der Waals surface area contributed by atoms with E-state index in [0.717, 1.165) is 25.9 Å². The minimum atomic E-state index is 0.173. The SMILES string of the molecule is CCC(C)C(=O)N1CCCC(CN)C1. The fourth-order valence-corrected chi connectivity index (χ4v) is 1.94. The zero-order valence-electron chi connectivity index (χ0n) is 9.33. The molecule has 0 bridgehead atoms. The number of likely N-dealkylation sites (tertiary alicyclic amines) is 1. The van der Waals surface area contributed by atoms with E-state index in [1.54, 1.807) is 0 Å². The first-order valence-corrected chi connectivity index (χ1v) is 5.67. The Labute approximate surface area is 86.6 Å². The standard InChI is InChI=1S/C11H22N2O/c1-3-9(2)11(14)13-6-4-5-10(7-12)8-13/h9-10H,3-8,12H2,1-2H3. The number of hydrogen-bond acceptors (Lipinski definition) is 2. The van der Waals surface area contributed by atoms with Crippen molar-refractivity contribution in [3.05, 3.63) is 0 Å². The highest BCUT2D eigenvalue weighted by Gasteiger charge is 2.24. The number of nitrogens with zero attached hydrogens (tertiary/aromatic N) is 1. The third-order valence-corrected chi connectivity index (χ3v) is 3.20. The number of hydrogen-bond donors (Lipinski definition) is 1. The van der Waals surface area contributed by atoms with E-state index in [2.05, 4.69) is 6.92 Å². The van der Waals surface area contributed by atoms with Crippen molar-refractivity contribution in [1.82, 2.24) is 4.90 Å². The minimum absolute atomic E-state index is 0.173. The van der Waals surface area contributed by atoms with E-state index in [9.17, 15) is 4.79 Å². The first-order valence-electron chi connectivity index (χ1n) is 5.67. The number of piperidine rings is 1. The van der Waals surface area contributed by atoms with Gasteiger partial charge in [-0.25, -0.2) is 0 Å². The van der Waals surface area contributed by atoms with Crippen LogP contribution in [0.2, 0.25) is 0 Å². The van der Waals surface area contributed by atoms with E-state index < -0.39 is 0 Å². The first kappa shape index (κ1) is 11.5. The number of amides is 1. The molecule has 1 aliphatic rings. The van der Waals surface area contributed by atoms with E-state index in [1.165, 1.54) is 6.42 Å². The van der Waals surface area contributed by atoms with Gasteiger partial charge in [-0.3, -0.25) is 4.79 Å². The summed E-state index contributed by atoms with van der Waals surface area (Å²) in [5.41, 5.74) is 5.64. The topological polar surface area (TPSA) is 46.3 Å². The highest BCUT2D eigenvalue weighted by molar-refractivity contribution is 5.78. The maximum atomic E-state index is 11.9. The molecule has 1 aliphatic heterocycles. The largest absolute Gasteiger partial charge is 0.342 e. The van der Waals surface area contributed by atoms with Crippen LogP contribution in [0.3, 0.4) is 0 Å². The van der Waals surface area contributed by atoms with Gasteiger partial charge in [0.2, 0.25) is 5.91 Å². The van der Waals surface area contributed by atoms with Gasteiger partial charge in [-0.1, -0.05) is 13.8 Å². The third-order valence-electron chi connectivity index (χ3n) is 3.20. The third kappa shape index (κ3) is 2.71. The predicted molar refractivity (Wildman–Crippen MR) is 57.8 cm³/mol. The molecule has 1 rings (SSSR count). The fourth-order valence-electron chi connectivity index (χ4n) is 1.94. The quantitative estimate of drug-likeness (QED) is 0.741. The van der Waals surface area contributed by atoms with Crippen molar-refractivity contribution in [1.29, 1.82) is 0 Å². The highest BCUT2D eigenvalue weighted by Crippen LogP contribution is 2.18. The van der Waals surface area contributed by atoms with Gasteiger partial charge in [-0.2, -0.15) is 0 Å². The minimum Gasteiger partial charge on any atom is -0.342 e. The zero-order valence-corrected chi connectivity index (χ0v) is 9.33. The van der Waals surface area contributed by atoms with Crippen LogP contribution in [0.4, 0.5) is 0 Å². The van der Waals surface area contributed by atoms with Crippen LogP contribution in [0.25, 0.3) is 0 Å².